The highest BCUT2D eigenvalue weighted by Crippen LogP contribution is 2.23. The summed E-state index contributed by atoms with van der Waals surface area (Å²) in [7, 11) is 0. The molecule has 132 valence electrons. The van der Waals surface area contributed by atoms with Crippen LogP contribution in [0.1, 0.15) is 42.5 Å². The van der Waals surface area contributed by atoms with Gasteiger partial charge in [0.15, 0.2) is 0 Å². The summed E-state index contributed by atoms with van der Waals surface area (Å²) in [6, 6.07) is 13.0. The molecule has 0 spiro atoms. The molecule has 1 N–H and O–H groups in total. The van der Waals surface area contributed by atoms with Crippen LogP contribution in [0.2, 0.25) is 0 Å². The van der Waals surface area contributed by atoms with Crippen LogP contribution in [-0.2, 0) is 11.2 Å². The lowest BCUT2D eigenvalue weighted by atomic mass is 10.00. The van der Waals surface area contributed by atoms with Crippen LogP contribution in [0.25, 0.3) is 0 Å². The molecule has 2 aromatic rings. The van der Waals surface area contributed by atoms with E-state index in [1.807, 2.05) is 30.6 Å². The van der Waals surface area contributed by atoms with E-state index in [-0.39, 0.29) is 11.9 Å². The molecule has 2 heterocycles. The summed E-state index contributed by atoms with van der Waals surface area (Å²) < 4.78 is 0. The second-order valence-corrected chi connectivity index (χ2v) is 6.94. The Morgan fingerprint density at radius 1 is 1.20 bits per heavy atom. The summed E-state index contributed by atoms with van der Waals surface area (Å²) in [6.45, 7) is 6.33. The van der Waals surface area contributed by atoms with Gasteiger partial charge in [0.1, 0.15) is 0 Å². The van der Waals surface area contributed by atoms with E-state index >= 15 is 0 Å². The predicted molar refractivity (Wildman–Crippen MR) is 100 cm³/mol. The summed E-state index contributed by atoms with van der Waals surface area (Å²) in [4.78, 5) is 18.9. The zero-order chi connectivity index (χ0) is 17.6. The highest BCUT2D eigenvalue weighted by molar-refractivity contribution is 5.79. The van der Waals surface area contributed by atoms with Crippen molar-refractivity contribution in [1.82, 2.24) is 15.2 Å². The van der Waals surface area contributed by atoms with Gasteiger partial charge in [0.2, 0.25) is 5.91 Å². The topological polar surface area (TPSA) is 45.2 Å². The number of benzene rings is 1. The Bertz CT molecular complexity index is 693. The van der Waals surface area contributed by atoms with Gasteiger partial charge in [-0.25, -0.2) is 0 Å². The molecule has 0 saturated carbocycles. The molecule has 1 amide bonds. The van der Waals surface area contributed by atoms with Crippen molar-refractivity contribution in [1.29, 1.82) is 0 Å². The zero-order valence-electron chi connectivity index (χ0n) is 15.1. The molecule has 25 heavy (non-hydrogen) atoms. The van der Waals surface area contributed by atoms with E-state index in [9.17, 15) is 4.79 Å². The Kier molecular flexibility index (Phi) is 5.82. The first-order valence-electron chi connectivity index (χ1n) is 9.11. The third kappa shape index (κ3) is 4.67. The van der Waals surface area contributed by atoms with Crippen LogP contribution < -0.4 is 5.32 Å². The number of pyridine rings is 1. The third-order valence-corrected chi connectivity index (χ3v) is 5.24. The third-order valence-electron chi connectivity index (χ3n) is 5.24. The first kappa shape index (κ1) is 17.6. The quantitative estimate of drug-likeness (QED) is 0.911. The van der Waals surface area contributed by atoms with Gasteiger partial charge in [-0.05, 0) is 55.5 Å². The minimum Gasteiger partial charge on any atom is -0.353 e. The van der Waals surface area contributed by atoms with E-state index in [1.165, 1.54) is 11.1 Å². The van der Waals surface area contributed by atoms with Gasteiger partial charge >= 0.3 is 0 Å². The Balaban J connectivity index is 1.48. The fourth-order valence-electron chi connectivity index (χ4n) is 3.54. The predicted octanol–water partition coefficient (Wildman–Crippen LogP) is 3.27. The number of hydrogen-bond acceptors (Lipinski definition) is 3. The standard InChI is InChI=1S/C21H27N3O/c1-16-5-3-4-6-19(16)15-21(25)23-20-9-13-24(14-10-20)17(2)18-7-11-22-12-8-18/h3-8,11-12,17,20H,9-10,13-15H2,1-2H3,(H,23,25). The van der Waals surface area contributed by atoms with Crippen LogP contribution in [0.15, 0.2) is 48.8 Å². The smallest absolute Gasteiger partial charge is 0.224 e. The molecule has 1 aliphatic heterocycles. The maximum Gasteiger partial charge on any atom is 0.224 e. The molecule has 0 aliphatic carbocycles. The SMILES string of the molecule is Cc1ccccc1CC(=O)NC1CCN(C(C)c2ccncc2)CC1. The minimum atomic E-state index is 0.134. The largest absolute Gasteiger partial charge is 0.353 e. The lowest BCUT2D eigenvalue weighted by Gasteiger charge is -2.36. The first-order valence-corrected chi connectivity index (χ1v) is 9.11. The van der Waals surface area contributed by atoms with Gasteiger partial charge in [-0.15, -0.1) is 0 Å². The summed E-state index contributed by atoms with van der Waals surface area (Å²) in [6.07, 6.45) is 6.19. The molecular formula is C21H27N3O. The van der Waals surface area contributed by atoms with Gasteiger partial charge in [0.05, 0.1) is 6.42 Å². The number of amides is 1. The normalized spacial score (nSPS) is 17.2. The molecule has 1 unspecified atom stereocenters. The second kappa shape index (κ2) is 8.26. The molecule has 4 nitrogen and oxygen atoms in total. The summed E-state index contributed by atoms with van der Waals surface area (Å²) >= 11 is 0. The number of carbonyl (C=O) groups excluding carboxylic acids is 1. The van der Waals surface area contributed by atoms with Gasteiger partial charge in [-0.3, -0.25) is 14.7 Å². The number of aryl methyl sites for hydroxylation is 1. The Morgan fingerprint density at radius 2 is 1.88 bits per heavy atom. The van der Waals surface area contributed by atoms with E-state index < -0.39 is 0 Å². The highest BCUT2D eigenvalue weighted by atomic mass is 16.1. The van der Waals surface area contributed by atoms with Crippen LogP contribution >= 0.6 is 0 Å². The average Bonchev–Trinajstić information content (AvgIpc) is 2.64. The lowest BCUT2D eigenvalue weighted by molar-refractivity contribution is -0.121. The number of aromatic nitrogens is 1. The summed E-state index contributed by atoms with van der Waals surface area (Å²) in [5.41, 5.74) is 3.60. The van der Waals surface area contributed by atoms with Crippen molar-refractivity contribution < 1.29 is 4.79 Å². The van der Waals surface area contributed by atoms with Gasteiger partial charge < -0.3 is 5.32 Å². The molecule has 1 fully saturated rings. The summed E-state index contributed by atoms with van der Waals surface area (Å²) in [5.74, 6) is 0.134. The van der Waals surface area contributed by atoms with E-state index in [0.29, 0.717) is 12.5 Å². The fraction of sp³-hybridized carbons (Fsp3) is 0.429. The van der Waals surface area contributed by atoms with Crippen LogP contribution in [0.4, 0.5) is 0 Å². The minimum absolute atomic E-state index is 0.134. The van der Waals surface area contributed by atoms with E-state index in [2.05, 4.69) is 47.2 Å². The fourth-order valence-corrected chi connectivity index (χ4v) is 3.54. The second-order valence-electron chi connectivity index (χ2n) is 6.94. The van der Waals surface area contributed by atoms with Gasteiger partial charge in [-0.2, -0.15) is 0 Å². The Hall–Kier alpha value is -2.20. The van der Waals surface area contributed by atoms with Gasteiger partial charge in [0.25, 0.3) is 0 Å². The first-order chi connectivity index (χ1) is 12.1. The maximum atomic E-state index is 12.3. The van der Waals surface area contributed by atoms with Crippen molar-refractivity contribution in [2.24, 2.45) is 0 Å². The van der Waals surface area contributed by atoms with Crippen LogP contribution in [-0.4, -0.2) is 34.9 Å². The molecule has 1 aliphatic rings. The summed E-state index contributed by atoms with van der Waals surface area (Å²) in [5, 5.41) is 3.22. The molecule has 3 rings (SSSR count). The molecule has 1 saturated heterocycles. The molecule has 0 bridgehead atoms. The Labute approximate surface area is 150 Å². The number of nitrogens with zero attached hydrogens (tertiary/aromatic N) is 2. The molecule has 1 atom stereocenters. The molecule has 0 radical (unpaired) electrons. The van der Waals surface area contributed by atoms with Crippen molar-refractivity contribution in [3.63, 3.8) is 0 Å². The monoisotopic (exact) mass is 337 g/mol. The number of nitrogens with one attached hydrogen (secondary N) is 1. The van der Waals surface area contributed by atoms with Crippen molar-refractivity contribution in [3.8, 4) is 0 Å². The molecule has 1 aromatic heterocycles. The highest BCUT2D eigenvalue weighted by Gasteiger charge is 2.24. The lowest BCUT2D eigenvalue weighted by Crippen LogP contribution is -2.45. The van der Waals surface area contributed by atoms with Crippen LogP contribution in [0.5, 0.6) is 0 Å². The Morgan fingerprint density at radius 3 is 2.56 bits per heavy atom. The zero-order valence-corrected chi connectivity index (χ0v) is 15.1. The average molecular weight is 337 g/mol. The number of likely N-dealkylation sites (tertiary alicyclic amines) is 1. The van der Waals surface area contributed by atoms with Gasteiger partial charge in [-0.1, -0.05) is 24.3 Å². The maximum absolute atomic E-state index is 12.3. The number of hydrogen-bond donors (Lipinski definition) is 1. The number of carbonyl (C=O) groups is 1. The molecule has 1 aromatic carbocycles. The van der Waals surface area contributed by atoms with Crippen molar-refractivity contribution in [2.45, 2.75) is 45.2 Å². The van der Waals surface area contributed by atoms with Gasteiger partial charge in [0, 0.05) is 37.6 Å². The van der Waals surface area contributed by atoms with Crippen molar-refractivity contribution in [3.05, 3.63) is 65.5 Å². The molecular weight excluding hydrogens is 310 g/mol. The number of rotatable bonds is 5. The van der Waals surface area contributed by atoms with E-state index in [0.717, 1.165) is 31.5 Å². The van der Waals surface area contributed by atoms with E-state index in [1.54, 1.807) is 0 Å². The van der Waals surface area contributed by atoms with Crippen LogP contribution in [0, 0.1) is 6.92 Å². The van der Waals surface area contributed by atoms with Crippen LogP contribution in [0.3, 0.4) is 0 Å². The van der Waals surface area contributed by atoms with Crippen molar-refractivity contribution in [2.75, 3.05) is 13.1 Å². The number of piperidine rings is 1. The molecule has 4 heteroatoms. The van der Waals surface area contributed by atoms with E-state index in [4.69, 9.17) is 0 Å². The van der Waals surface area contributed by atoms with Crippen molar-refractivity contribution >= 4 is 5.91 Å².